The molecule has 0 radical (unpaired) electrons. The molecular formula is C17H12N2O5. The van der Waals surface area contributed by atoms with E-state index in [1.54, 1.807) is 36.4 Å². The largest absolute Gasteiger partial charge is 0.496 e. The molecular weight excluding hydrogens is 312 g/mol. The highest BCUT2D eigenvalue weighted by Crippen LogP contribution is 2.27. The molecule has 7 nitrogen and oxygen atoms in total. The van der Waals surface area contributed by atoms with Gasteiger partial charge in [-0.3, -0.25) is 10.1 Å². The van der Waals surface area contributed by atoms with Gasteiger partial charge in [0.1, 0.15) is 5.75 Å². The third kappa shape index (κ3) is 2.87. The minimum Gasteiger partial charge on any atom is -0.496 e. The highest BCUT2D eigenvalue weighted by molar-refractivity contribution is 6.13. The molecule has 7 heteroatoms. The number of nitro benzene ring substituents is 1. The van der Waals surface area contributed by atoms with Gasteiger partial charge in [0.2, 0.25) is 5.90 Å². The number of hydrogen-bond donors (Lipinski definition) is 0. The normalized spacial score (nSPS) is 15.1. The van der Waals surface area contributed by atoms with E-state index in [0.29, 0.717) is 11.3 Å². The molecule has 2 aromatic carbocycles. The SMILES string of the molecule is COc1ccccc1C1=NC(=Cc2ccccc2[N+](=O)[O-])C(=O)O1. The average Bonchev–Trinajstić information content (AvgIpc) is 2.95. The maximum Gasteiger partial charge on any atom is 0.363 e. The summed E-state index contributed by atoms with van der Waals surface area (Å²) in [5.74, 6) is -0.0627. The Hall–Kier alpha value is -3.48. The quantitative estimate of drug-likeness (QED) is 0.373. The molecule has 1 heterocycles. The molecule has 24 heavy (non-hydrogen) atoms. The van der Waals surface area contributed by atoms with Gasteiger partial charge in [0, 0.05) is 6.07 Å². The molecule has 0 saturated heterocycles. The standard InChI is InChI=1S/C17H12N2O5/c1-23-15-9-5-3-7-12(15)16-18-13(17(20)24-16)10-11-6-2-4-8-14(11)19(21)22/h2-10H,1H3. The van der Waals surface area contributed by atoms with Crippen LogP contribution in [0.25, 0.3) is 6.08 Å². The van der Waals surface area contributed by atoms with Crippen molar-refractivity contribution in [2.24, 2.45) is 4.99 Å². The van der Waals surface area contributed by atoms with Gasteiger partial charge in [-0.05, 0) is 24.3 Å². The number of methoxy groups -OCH3 is 1. The van der Waals surface area contributed by atoms with E-state index in [9.17, 15) is 14.9 Å². The molecule has 0 fully saturated rings. The molecule has 0 aromatic heterocycles. The number of ether oxygens (including phenoxy) is 2. The van der Waals surface area contributed by atoms with E-state index in [1.165, 1.54) is 25.3 Å². The van der Waals surface area contributed by atoms with Crippen molar-refractivity contribution in [1.82, 2.24) is 0 Å². The third-order valence-electron chi connectivity index (χ3n) is 3.38. The number of carbonyl (C=O) groups excluding carboxylic acids is 1. The van der Waals surface area contributed by atoms with Crippen LogP contribution in [0.5, 0.6) is 5.75 Å². The maximum atomic E-state index is 12.0. The molecule has 1 aliphatic rings. The Kier molecular flexibility index (Phi) is 4.07. The smallest absolute Gasteiger partial charge is 0.363 e. The second kappa shape index (κ2) is 6.33. The fourth-order valence-electron chi connectivity index (χ4n) is 2.27. The van der Waals surface area contributed by atoms with Gasteiger partial charge >= 0.3 is 5.97 Å². The number of nitrogens with zero attached hydrogens (tertiary/aromatic N) is 2. The lowest BCUT2D eigenvalue weighted by molar-refractivity contribution is -0.385. The van der Waals surface area contributed by atoms with E-state index < -0.39 is 10.9 Å². The Bertz CT molecular complexity index is 886. The van der Waals surface area contributed by atoms with Crippen molar-refractivity contribution in [3.8, 4) is 5.75 Å². The Balaban J connectivity index is 2.03. The van der Waals surface area contributed by atoms with Gasteiger partial charge in [0.15, 0.2) is 5.70 Å². The van der Waals surface area contributed by atoms with E-state index in [4.69, 9.17) is 9.47 Å². The summed E-state index contributed by atoms with van der Waals surface area (Å²) in [4.78, 5) is 26.7. The van der Waals surface area contributed by atoms with E-state index in [-0.39, 0.29) is 22.8 Å². The molecule has 0 spiro atoms. The predicted molar refractivity (Wildman–Crippen MR) is 86.7 cm³/mol. The Labute approximate surface area is 137 Å². The summed E-state index contributed by atoms with van der Waals surface area (Å²) in [5.41, 5.74) is 0.683. The fourth-order valence-corrected chi connectivity index (χ4v) is 2.27. The zero-order valence-electron chi connectivity index (χ0n) is 12.6. The van der Waals surface area contributed by atoms with Crippen LogP contribution >= 0.6 is 0 Å². The Morgan fingerprint density at radius 3 is 2.62 bits per heavy atom. The number of aliphatic imine (C=N–C) groups is 1. The summed E-state index contributed by atoms with van der Waals surface area (Å²) in [5, 5.41) is 11.1. The van der Waals surface area contributed by atoms with Crippen molar-refractivity contribution >= 4 is 23.6 Å². The lowest BCUT2D eigenvalue weighted by atomic mass is 10.1. The van der Waals surface area contributed by atoms with E-state index in [0.717, 1.165) is 0 Å². The van der Waals surface area contributed by atoms with E-state index in [2.05, 4.69) is 4.99 Å². The van der Waals surface area contributed by atoms with Crippen molar-refractivity contribution in [2.75, 3.05) is 7.11 Å². The first-order chi connectivity index (χ1) is 11.6. The van der Waals surface area contributed by atoms with Gasteiger partial charge in [-0.25, -0.2) is 9.79 Å². The molecule has 1 aliphatic heterocycles. The number of cyclic esters (lactones) is 1. The van der Waals surface area contributed by atoms with Crippen LogP contribution in [0.2, 0.25) is 0 Å². The van der Waals surface area contributed by atoms with Gasteiger partial charge < -0.3 is 9.47 Å². The molecule has 0 N–H and O–H groups in total. The van der Waals surface area contributed by atoms with Gasteiger partial charge in [-0.1, -0.05) is 24.3 Å². The van der Waals surface area contributed by atoms with Crippen molar-refractivity contribution in [2.45, 2.75) is 0 Å². The van der Waals surface area contributed by atoms with Crippen molar-refractivity contribution < 1.29 is 19.2 Å². The summed E-state index contributed by atoms with van der Waals surface area (Å²) in [7, 11) is 1.50. The number of para-hydroxylation sites is 2. The monoisotopic (exact) mass is 324 g/mol. The number of esters is 1. The zero-order chi connectivity index (χ0) is 17.1. The number of carbonyl (C=O) groups is 1. The number of rotatable bonds is 4. The molecule has 0 saturated carbocycles. The van der Waals surface area contributed by atoms with Crippen LogP contribution in [0.1, 0.15) is 11.1 Å². The van der Waals surface area contributed by atoms with Crippen LogP contribution in [0.15, 0.2) is 59.2 Å². The van der Waals surface area contributed by atoms with Crippen LogP contribution < -0.4 is 4.74 Å². The molecule has 0 amide bonds. The summed E-state index contributed by atoms with van der Waals surface area (Å²) >= 11 is 0. The average molecular weight is 324 g/mol. The number of nitro groups is 1. The first-order valence-corrected chi connectivity index (χ1v) is 6.99. The predicted octanol–water partition coefficient (Wildman–Crippen LogP) is 2.95. The third-order valence-corrected chi connectivity index (χ3v) is 3.38. The van der Waals surface area contributed by atoms with E-state index >= 15 is 0 Å². The maximum absolute atomic E-state index is 12.0. The van der Waals surface area contributed by atoms with E-state index in [1.807, 2.05) is 0 Å². The van der Waals surface area contributed by atoms with Gasteiger partial charge in [-0.15, -0.1) is 0 Å². The zero-order valence-corrected chi connectivity index (χ0v) is 12.6. The van der Waals surface area contributed by atoms with Crippen LogP contribution in [0.4, 0.5) is 5.69 Å². The second-order valence-corrected chi connectivity index (χ2v) is 4.85. The Morgan fingerprint density at radius 2 is 1.88 bits per heavy atom. The first-order valence-electron chi connectivity index (χ1n) is 6.99. The van der Waals surface area contributed by atoms with Crippen LogP contribution in [-0.4, -0.2) is 23.9 Å². The molecule has 0 aliphatic carbocycles. The topological polar surface area (TPSA) is 91.0 Å². The molecule has 3 rings (SSSR count). The summed E-state index contributed by atoms with van der Waals surface area (Å²) in [6.45, 7) is 0. The first kappa shape index (κ1) is 15.4. The molecule has 0 bridgehead atoms. The fraction of sp³-hybridized carbons (Fsp3) is 0.0588. The summed E-state index contributed by atoms with van der Waals surface area (Å²) < 4.78 is 10.4. The van der Waals surface area contributed by atoms with Crippen LogP contribution in [0.3, 0.4) is 0 Å². The highest BCUT2D eigenvalue weighted by atomic mass is 16.6. The van der Waals surface area contributed by atoms with Crippen molar-refractivity contribution in [1.29, 1.82) is 0 Å². The molecule has 120 valence electrons. The second-order valence-electron chi connectivity index (χ2n) is 4.85. The summed E-state index contributed by atoms with van der Waals surface area (Å²) in [6.07, 6.45) is 1.34. The molecule has 2 aromatic rings. The van der Waals surface area contributed by atoms with Gasteiger partial charge in [-0.2, -0.15) is 0 Å². The Morgan fingerprint density at radius 1 is 1.17 bits per heavy atom. The molecule has 0 unspecified atom stereocenters. The van der Waals surface area contributed by atoms with Crippen LogP contribution in [0, 0.1) is 10.1 Å². The van der Waals surface area contributed by atoms with Crippen molar-refractivity contribution in [3.05, 3.63) is 75.5 Å². The van der Waals surface area contributed by atoms with Crippen molar-refractivity contribution in [3.63, 3.8) is 0 Å². The molecule has 0 atom stereocenters. The van der Waals surface area contributed by atoms with Gasteiger partial charge in [0.25, 0.3) is 5.69 Å². The highest BCUT2D eigenvalue weighted by Gasteiger charge is 2.27. The minimum atomic E-state index is -0.672. The number of benzene rings is 2. The van der Waals surface area contributed by atoms with Crippen LogP contribution in [-0.2, 0) is 9.53 Å². The van der Waals surface area contributed by atoms with Gasteiger partial charge in [0.05, 0.1) is 23.2 Å². The number of hydrogen-bond acceptors (Lipinski definition) is 6. The summed E-state index contributed by atoms with van der Waals surface area (Å²) in [6, 6.07) is 13.1. The lowest BCUT2D eigenvalue weighted by Gasteiger charge is -2.05. The lowest BCUT2D eigenvalue weighted by Crippen LogP contribution is -2.06. The minimum absolute atomic E-state index is 0.00907.